The highest BCUT2D eigenvalue weighted by atomic mass is 19.3. The van der Waals surface area contributed by atoms with E-state index in [4.69, 9.17) is 16.1 Å². The molecular weight excluding hydrogens is 208 g/mol. The SMILES string of the molecule is N#Cc1cc(N)c(C(=O)O)nc1C(F)F. The highest BCUT2D eigenvalue weighted by molar-refractivity contribution is 5.91. The predicted molar refractivity (Wildman–Crippen MR) is 45.3 cm³/mol. The fourth-order valence-corrected chi connectivity index (χ4v) is 0.970. The van der Waals surface area contributed by atoms with Crippen LogP contribution in [0.4, 0.5) is 14.5 Å². The molecule has 1 aromatic rings. The van der Waals surface area contributed by atoms with Crippen molar-refractivity contribution in [2.45, 2.75) is 6.43 Å². The van der Waals surface area contributed by atoms with Gasteiger partial charge in [0.2, 0.25) is 0 Å². The number of hydrogen-bond donors (Lipinski definition) is 2. The quantitative estimate of drug-likeness (QED) is 0.767. The molecule has 1 aromatic heterocycles. The lowest BCUT2D eigenvalue weighted by Gasteiger charge is -2.05. The van der Waals surface area contributed by atoms with Crippen molar-refractivity contribution in [3.05, 3.63) is 23.0 Å². The van der Waals surface area contributed by atoms with Gasteiger partial charge in [-0.3, -0.25) is 0 Å². The predicted octanol–water partition coefficient (Wildman–Crippen LogP) is 1.17. The number of halogens is 2. The lowest BCUT2D eigenvalue weighted by molar-refractivity contribution is 0.0690. The third kappa shape index (κ3) is 1.99. The average Bonchev–Trinajstić information content (AvgIpc) is 2.16. The van der Waals surface area contributed by atoms with E-state index in [1.807, 2.05) is 0 Å². The topological polar surface area (TPSA) is 100 Å². The van der Waals surface area contributed by atoms with Gasteiger partial charge in [0.05, 0.1) is 11.3 Å². The molecule has 1 heterocycles. The van der Waals surface area contributed by atoms with E-state index in [2.05, 4.69) is 4.98 Å². The number of anilines is 1. The van der Waals surface area contributed by atoms with Crippen LogP contribution in [0, 0.1) is 11.3 Å². The van der Waals surface area contributed by atoms with Gasteiger partial charge in [0.15, 0.2) is 5.69 Å². The van der Waals surface area contributed by atoms with E-state index >= 15 is 0 Å². The number of aromatic nitrogens is 1. The normalized spacial score (nSPS) is 10.0. The van der Waals surface area contributed by atoms with Crippen LogP contribution in [0.25, 0.3) is 0 Å². The lowest BCUT2D eigenvalue weighted by Crippen LogP contribution is -2.09. The maximum atomic E-state index is 12.3. The van der Waals surface area contributed by atoms with Crippen molar-refractivity contribution in [3.63, 3.8) is 0 Å². The molecule has 15 heavy (non-hydrogen) atoms. The molecule has 1 rings (SSSR count). The minimum Gasteiger partial charge on any atom is -0.476 e. The van der Waals surface area contributed by atoms with Crippen molar-refractivity contribution in [1.29, 1.82) is 5.26 Å². The minimum atomic E-state index is -3.02. The van der Waals surface area contributed by atoms with Crippen LogP contribution in [-0.2, 0) is 0 Å². The molecule has 0 aliphatic heterocycles. The first kappa shape index (κ1) is 10.8. The summed E-state index contributed by atoms with van der Waals surface area (Å²) in [6.07, 6.45) is -3.02. The first-order chi connectivity index (χ1) is 6.97. The first-order valence-corrected chi connectivity index (χ1v) is 3.69. The van der Waals surface area contributed by atoms with E-state index in [9.17, 15) is 13.6 Å². The molecule has 78 valence electrons. The Labute approximate surface area is 82.8 Å². The summed E-state index contributed by atoms with van der Waals surface area (Å²) in [5.74, 6) is -1.51. The van der Waals surface area contributed by atoms with Gasteiger partial charge in [-0.05, 0) is 6.07 Å². The van der Waals surface area contributed by atoms with E-state index in [-0.39, 0.29) is 5.69 Å². The Morgan fingerprint density at radius 1 is 1.67 bits per heavy atom. The van der Waals surface area contributed by atoms with Crippen molar-refractivity contribution < 1.29 is 18.7 Å². The summed E-state index contributed by atoms with van der Waals surface area (Å²) in [7, 11) is 0. The second-order valence-electron chi connectivity index (χ2n) is 2.58. The van der Waals surface area contributed by atoms with Crippen LogP contribution in [0.3, 0.4) is 0 Å². The number of nitrogens with zero attached hydrogens (tertiary/aromatic N) is 2. The monoisotopic (exact) mass is 213 g/mol. The smallest absolute Gasteiger partial charge is 0.356 e. The molecule has 0 fully saturated rings. The van der Waals surface area contributed by atoms with Crippen LogP contribution in [0.2, 0.25) is 0 Å². The van der Waals surface area contributed by atoms with Gasteiger partial charge in [-0.2, -0.15) is 5.26 Å². The third-order valence-electron chi connectivity index (χ3n) is 1.61. The zero-order chi connectivity index (χ0) is 11.6. The number of nitriles is 1. The second-order valence-corrected chi connectivity index (χ2v) is 2.58. The number of nitrogens with two attached hydrogens (primary N) is 1. The first-order valence-electron chi connectivity index (χ1n) is 3.69. The van der Waals surface area contributed by atoms with Gasteiger partial charge >= 0.3 is 5.97 Å². The Morgan fingerprint density at radius 2 is 2.27 bits per heavy atom. The molecule has 7 heteroatoms. The molecule has 5 nitrogen and oxygen atoms in total. The zero-order valence-corrected chi connectivity index (χ0v) is 7.24. The van der Waals surface area contributed by atoms with Gasteiger partial charge in [0.25, 0.3) is 6.43 Å². The maximum Gasteiger partial charge on any atom is 0.356 e. The molecule has 0 aliphatic carbocycles. The molecule has 0 spiro atoms. The molecule has 0 saturated carbocycles. The Bertz CT molecular complexity index is 454. The number of carboxylic acids is 1. The van der Waals surface area contributed by atoms with Crippen LogP contribution in [0.5, 0.6) is 0 Å². The van der Waals surface area contributed by atoms with Gasteiger partial charge in [-0.15, -0.1) is 0 Å². The summed E-state index contributed by atoms with van der Waals surface area (Å²) >= 11 is 0. The number of carboxylic acid groups (broad SMARTS) is 1. The van der Waals surface area contributed by atoms with Crippen LogP contribution in [-0.4, -0.2) is 16.1 Å². The lowest BCUT2D eigenvalue weighted by atomic mass is 10.1. The Kier molecular flexibility index (Phi) is 2.80. The van der Waals surface area contributed by atoms with Gasteiger partial charge in [-0.1, -0.05) is 0 Å². The molecule has 0 unspecified atom stereocenters. The highest BCUT2D eigenvalue weighted by Crippen LogP contribution is 2.23. The van der Waals surface area contributed by atoms with Crippen LogP contribution >= 0.6 is 0 Å². The number of hydrogen-bond acceptors (Lipinski definition) is 4. The van der Waals surface area contributed by atoms with Crippen molar-refractivity contribution in [2.75, 3.05) is 5.73 Å². The Morgan fingerprint density at radius 3 is 2.67 bits per heavy atom. The van der Waals surface area contributed by atoms with Crippen LogP contribution in [0.1, 0.15) is 28.2 Å². The number of nitrogen functional groups attached to an aromatic ring is 1. The molecule has 3 N–H and O–H groups in total. The molecular formula is C8H5F2N3O2. The van der Waals surface area contributed by atoms with E-state index in [1.165, 1.54) is 6.07 Å². The standard InChI is InChI=1S/C8H5F2N3O2/c9-7(10)5-3(2-11)1-4(12)6(13-5)8(14)15/h1,7H,12H2,(H,14,15). The molecule has 0 amide bonds. The van der Waals surface area contributed by atoms with Crippen molar-refractivity contribution in [3.8, 4) is 6.07 Å². The van der Waals surface area contributed by atoms with Gasteiger partial charge < -0.3 is 10.8 Å². The van der Waals surface area contributed by atoms with Gasteiger partial charge in [-0.25, -0.2) is 18.6 Å². The van der Waals surface area contributed by atoms with Gasteiger partial charge in [0, 0.05) is 0 Å². The number of alkyl halides is 2. The van der Waals surface area contributed by atoms with Crippen LogP contribution in [0.15, 0.2) is 6.07 Å². The third-order valence-corrected chi connectivity index (χ3v) is 1.61. The average molecular weight is 213 g/mol. The maximum absolute atomic E-state index is 12.3. The molecule has 0 radical (unpaired) electrons. The van der Waals surface area contributed by atoms with Crippen LogP contribution < -0.4 is 5.73 Å². The van der Waals surface area contributed by atoms with Crippen molar-refractivity contribution >= 4 is 11.7 Å². The van der Waals surface area contributed by atoms with E-state index in [0.717, 1.165) is 6.07 Å². The molecule has 0 saturated heterocycles. The van der Waals surface area contributed by atoms with Crippen molar-refractivity contribution in [1.82, 2.24) is 4.98 Å². The second kappa shape index (κ2) is 3.88. The fraction of sp³-hybridized carbons (Fsp3) is 0.125. The molecule has 0 bridgehead atoms. The van der Waals surface area contributed by atoms with E-state index in [1.54, 1.807) is 0 Å². The summed E-state index contributed by atoms with van der Waals surface area (Å²) in [5, 5.41) is 17.1. The van der Waals surface area contributed by atoms with E-state index in [0.29, 0.717) is 0 Å². The van der Waals surface area contributed by atoms with E-state index < -0.39 is 29.3 Å². The summed E-state index contributed by atoms with van der Waals surface area (Å²) in [6.45, 7) is 0. The summed E-state index contributed by atoms with van der Waals surface area (Å²) < 4.78 is 24.7. The zero-order valence-electron chi connectivity index (χ0n) is 7.24. The Hall–Kier alpha value is -2.23. The number of aromatic carboxylic acids is 1. The summed E-state index contributed by atoms with van der Waals surface area (Å²) in [4.78, 5) is 13.7. The number of pyridine rings is 1. The highest BCUT2D eigenvalue weighted by Gasteiger charge is 2.20. The Balaban J connectivity index is 3.45. The molecule has 0 aromatic carbocycles. The summed E-state index contributed by atoms with van der Waals surface area (Å²) in [6, 6.07) is 2.34. The molecule has 0 atom stereocenters. The van der Waals surface area contributed by atoms with Crippen molar-refractivity contribution in [2.24, 2.45) is 0 Å². The fourth-order valence-electron chi connectivity index (χ4n) is 0.970. The van der Waals surface area contributed by atoms with Gasteiger partial charge in [0.1, 0.15) is 11.8 Å². The number of carbonyl (C=O) groups is 1. The summed E-state index contributed by atoms with van der Waals surface area (Å²) in [5.41, 5.74) is 2.94. The number of rotatable bonds is 2. The minimum absolute atomic E-state index is 0.316. The molecule has 0 aliphatic rings. The largest absolute Gasteiger partial charge is 0.476 e.